The number of likely N-dealkylation sites (N-methyl/N-ethyl adjacent to an activating group) is 1. The Kier molecular flexibility index (Phi) is 4.59. The molecule has 22 heavy (non-hydrogen) atoms. The van der Waals surface area contributed by atoms with Crippen molar-refractivity contribution in [3.63, 3.8) is 0 Å². The molecular formula is C16H23N3O3. The third-order valence-corrected chi connectivity index (χ3v) is 4.32. The van der Waals surface area contributed by atoms with Gasteiger partial charge in [-0.15, -0.1) is 0 Å². The molecule has 1 aromatic heterocycles. The van der Waals surface area contributed by atoms with E-state index in [-0.39, 0.29) is 17.9 Å². The summed E-state index contributed by atoms with van der Waals surface area (Å²) in [6.07, 6.45) is 1.85. The molecule has 3 heterocycles. The van der Waals surface area contributed by atoms with Crippen LogP contribution in [0.1, 0.15) is 12.5 Å². The molecule has 2 atom stereocenters. The molecule has 2 bridgehead atoms. The predicted octanol–water partition coefficient (Wildman–Crippen LogP) is 0.769. The highest BCUT2D eigenvalue weighted by molar-refractivity contribution is 5.79. The van der Waals surface area contributed by atoms with E-state index >= 15 is 0 Å². The number of nitrogens with zero attached hydrogens (tertiary/aromatic N) is 3. The predicted molar refractivity (Wildman–Crippen MR) is 81.6 cm³/mol. The summed E-state index contributed by atoms with van der Waals surface area (Å²) in [6.45, 7) is 6.10. The Labute approximate surface area is 131 Å². The van der Waals surface area contributed by atoms with Crippen molar-refractivity contribution in [1.29, 1.82) is 0 Å². The van der Waals surface area contributed by atoms with Crippen molar-refractivity contribution in [3.05, 3.63) is 23.9 Å². The Morgan fingerprint density at radius 1 is 1.36 bits per heavy atom. The number of hydrogen-bond acceptors (Lipinski definition) is 5. The standard InChI is InChI=1S/C16H23N3O3/c1-3-22-15-5-4-12(6-17-15)7-19-8-13-10-21-11-14(9-19)18(2)16(13)20/h4-6,13-14H,3,7-11H2,1-2H3/t13-,14+/m1/s1. The molecule has 0 spiro atoms. The highest BCUT2D eigenvalue weighted by atomic mass is 16.5. The van der Waals surface area contributed by atoms with Crippen LogP contribution in [0.25, 0.3) is 0 Å². The molecule has 2 aliphatic rings. The third kappa shape index (κ3) is 3.23. The van der Waals surface area contributed by atoms with E-state index in [0.29, 0.717) is 25.7 Å². The lowest BCUT2D eigenvalue weighted by Crippen LogP contribution is -2.42. The van der Waals surface area contributed by atoms with Gasteiger partial charge in [0, 0.05) is 38.9 Å². The molecule has 0 N–H and O–H groups in total. The fraction of sp³-hybridized carbons (Fsp3) is 0.625. The van der Waals surface area contributed by atoms with Crippen LogP contribution in [0.15, 0.2) is 18.3 Å². The van der Waals surface area contributed by atoms with E-state index in [1.165, 1.54) is 0 Å². The number of carbonyl (C=O) groups is 1. The lowest BCUT2D eigenvalue weighted by molar-refractivity contribution is -0.133. The zero-order valence-electron chi connectivity index (χ0n) is 13.2. The van der Waals surface area contributed by atoms with Crippen LogP contribution in [0, 0.1) is 5.92 Å². The van der Waals surface area contributed by atoms with E-state index in [9.17, 15) is 4.79 Å². The Balaban J connectivity index is 1.69. The number of rotatable bonds is 4. The zero-order chi connectivity index (χ0) is 15.5. The first kappa shape index (κ1) is 15.2. The van der Waals surface area contributed by atoms with E-state index < -0.39 is 0 Å². The Morgan fingerprint density at radius 2 is 2.23 bits per heavy atom. The summed E-state index contributed by atoms with van der Waals surface area (Å²) in [5.74, 6) is 0.797. The highest BCUT2D eigenvalue weighted by Crippen LogP contribution is 2.21. The van der Waals surface area contributed by atoms with Crippen molar-refractivity contribution >= 4 is 5.91 Å². The van der Waals surface area contributed by atoms with Gasteiger partial charge in [0.25, 0.3) is 0 Å². The van der Waals surface area contributed by atoms with Gasteiger partial charge >= 0.3 is 0 Å². The van der Waals surface area contributed by atoms with Crippen molar-refractivity contribution < 1.29 is 14.3 Å². The molecule has 2 saturated heterocycles. The van der Waals surface area contributed by atoms with Crippen LogP contribution in [0.3, 0.4) is 0 Å². The Hall–Kier alpha value is -1.66. The fourth-order valence-electron chi connectivity index (χ4n) is 3.11. The summed E-state index contributed by atoms with van der Waals surface area (Å²) in [5, 5.41) is 0. The summed E-state index contributed by atoms with van der Waals surface area (Å²) in [7, 11) is 1.89. The molecule has 1 amide bonds. The number of pyridine rings is 1. The number of carbonyl (C=O) groups excluding carboxylic acids is 1. The topological polar surface area (TPSA) is 54.9 Å². The number of hydrogen-bond donors (Lipinski definition) is 0. The third-order valence-electron chi connectivity index (χ3n) is 4.32. The van der Waals surface area contributed by atoms with E-state index in [4.69, 9.17) is 9.47 Å². The van der Waals surface area contributed by atoms with Gasteiger partial charge in [-0.05, 0) is 12.5 Å². The molecule has 6 nitrogen and oxygen atoms in total. The molecule has 0 aromatic carbocycles. The van der Waals surface area contributed by atoms with Crippen molar-refractivity contribution in [1.82, 2.24) is 14.8 Å². The molecule has 2 fully saturated rings. The first-order valence-electron chi connectivity index (χ1n) is 7.82. The minimum absolute atomic E-state index is 0.0619. The first-order valence-corrected chi connectivity index (χ1v) is 7.82. The number of fused-ring (bicyclic) bond motifs is 3. The van der Waals surface area contributed by atoms with Gasteiger partial charge in [-0.1, -0.05) is 6.07 Å². The maximum absolute atomic E-state index is 12.3. The van der Waals surface area contributed by atoms with Gasteiger partial charge in [0.15, 0.2) is 0 Å². The van der Waals surface area contributed by atoms with E-state index in [1.54, 1.807) is 0 Å². The zero-order valence-corrected chi connectivity index (χ0v) is 13.2. The molecular weight excluding hydrogens is 282 g/mol. The maximum Gasteiger partial charge on any atom is 0.229 e. The summed E-state index contributed by atoms with van der Waals surface area (Å²) >= 11 is 0. The largest absolute Gasteiger partial charge is 0.478 e. The van der Waals surface area contributed by atoms with Crippen LogP contribution in [0.5, 0.6) is 5.88 Å². The minimum Gasteiger partial charge on any atom is -0.478 e. The summed E-state index contributed by atoms with van der Waals surface area (Å²) < 4.78 is 11.0. The summed E-state index contributed by atoms with van der Waals surface area (Å²) in [5.41, 5.74) is 1.14. The fourth-order valence-corrected chi connectivity index (χ4v) is 3.11. The van der Waals surface area contributed by atoms with E-state index in [1.807, 2.05) is 37.2 Å². The van der Waals surface area contributed by atoms with Gasteiger partial charge < -0.3 is 14.4 Å². The number of amides is 1. The number of ether oxygens (including phenoxy) is 2. The van der Waals surface area contributed by atoms with Crippen LogP contribution >= 0.6 is 0 Å². The van der Waals surface area contributed by atoms with Crippen molar-refractivity contribution in [2.45, 2.75) is 19.5 Å². The molecule has 6 heteroatoms. The summed E-state index contributed by atoms with van der Waals surface area (Å²) in [6, 6.07) is 4.08. The van der Waals surface area contributed by atoms with Crippen molar-refractivity contribution in [2.24, 2.45) is 5.92 Å². The molecule has 120 valence electrons. The number of aromatic nitrogens is 1. The van der Waals surface area contributed by atoms with Crippen LogP contribution in [0.4, 0.5) is 0 Å². The maximum atomic E-state index is 12.3. The molecule has 0 radical (unpaired) electrons. The van der Waals surface area contributed by atoms with Gasteiger partial charge in [-0.3, -0.25) is 9.69 Å². The van der Waals surface area contributed by atoms with E-state index in [0.717, 1.165) is 25.2 Å². The molecule has 3 rings (SSSR count). The smallest absolute Gasteiger partial charge is 0.229 e. The highest BCUT2D eigenvalue weighted by Gasteiger charge is 2.37. The first-order chi connectivity index (χ1) is 10.7. The second kappa shape index (κ2) is 6.62. The Morgan fingerprint density at radius 3 is 2.95 bits per heavy atom. The summed E-state index contributed by atoms with van der Waals surface area (Å²) in [4.78, 5) is 20.8. The van der Waals surface area contributed by atoms with Crippen LogP contribution in [-0.4, -0.2) is 66.7 Å². The molecule has 2 aliphatic heterocycles. The average Bonchev–Trinajstić information content (AvgIpc) is 2.68. The van der Waals surface area contributed by atoms with Crippen molar-refractivity contribution in [2.75, 3.05) is 40.0 Å². The SMILES string of the molecule is CCOc1ccc(CN2C[C@@H]3COC[C@H](C2)N(C)C3=O)cn1. The van der Waals surface area contributed by atoms with Gasteiger partial charge in [0.1, 0.15) is 0 Å². The van der Waals surface area contributed by atoms with Gasteiger partial charge in [0.05, 0.1) is 31.8 Å². The minimum atomic E-state index is -0.0619. The van der Waals surface area contributed by atoms with Crippen LogP contribution in [-0.2, 0) is 16.1 Å². The second-order valence-corrected chi connectivity index (χ2v) is 5.97. The normalized spacial score (nSPS) is 25.9. The van der Waals surface area contributed by atoms with Gasteiger partial charge in [-0.2, -0.15) is 0 Å². The lowest BCUT2D eigenvalue weighted by Gasteiger charge is -2.29. The lowest BCUT2D eigenvalue weighted by atomic mass is 10.1. The second-order valence-electron chi connectivity index (χ2n) is 5.97. The molecule has 0 aliphatic carbocycles. The van der Waals surface area contributed by atoms with E-state index in [2.05, 4.69) is 9.88 Å². The monoisotopic (exact) mass is 305 g/mol. The van der Waals surface area contributed by atoms with Crippen molar-refractivity contribution in [3.8, 4) is 5.88 Å². The average molecular weight is 305 g/mol. The molecule has 0 unspecified atom stereocenters. The molecule has 0 saturated carbocycles. The quantitative estimate of drug-likeness (QED) is 0.822. The van der Waals surface area contributed by atoms with Gasteiger partial charge in [-0.25, -0.2) is 4.98 Å². The van der Waals surface area contributed by atoms with Crippen LogP contribution < -0.4 is 4.74 Å². The van der Waals surface area contributed by atoms with Gasteiger partial charge in [0.2, 0.25) is 11.8 Å². The molecule has 1 aromatic rings. The Bertz CT molecular complexity index is 520. The van der Waals surface area contributed by atoms with Crippen LogP contribution in [0.2, 0.25) is 0 Å².